The van der Waals surface area contributed by atoms with Crippen LogP contribution in [0.3, 0.4) is 0 Å². The topological polar surface area (TPSA) is 20.3 Å². The Balaban J connectivity index is 2.16. The highest BCUT2D eigenvalue weighted by molar-refractivity contribution is 7.12. The van der Waals surface area contributed by atoms with Crippen LogP contribution in [-0.4, -0.2) is 17.9 Å². The number of carbonyl (C=O) groups excluding carboxylic acids is 1. The van der Waals surface area contributed by atoms with Crippen molar-refractivity contribution < 1.29 is 4.79 Å². The van der Waals surface area contributed by atoms with Crippen molar-refractivity contribution in [2.75, 3.05) is 7.05 Å². The van der Waals surface area contributed by atoms with Gasteiger partial charge in [0, 0.05) is 22.4 Å². The quantitative estimate of drug-likeness (QED) is 0.819. The summed E-state index contributed by atoms with van der Waals surface area (Å²) in [5, 5.41) is 0. The number of hydrogen-bond acceptors (Lipinski definition) is 2. The Labute approximate surface area is 112 Å². The third-order valence-electron chi connectivity index (χ3n) is 3.09. The lowest BCUT2D eigenvalue weighted by Gasteiger charge is -2.24. The molecule has 0 spiro atoms. The molecule has 1 aromatic carbocycles. The molecule has 3 heteroatoms. The normalized spacial score (nSPS) is 12.2. The SMILES string of the molecule is Cc1ccc(C(C)N(C)C(=O)c2ccccc2)s1. The Morgan fingerprint density at radius 2 is 1.83 bits per heavy atom. The molecule has 2 rings (SSSR count). The van der Waals surface area contributed by atoms with Crippen LogP contribution < -0.4 is 0 Å². The lowest BCUT2D eigenvalue weighted by molar-refractivity contribution is 0.0745. The molecule has 1 atom stereocenters. The molecule has 0 saturated carbocycles. The summed E-state index contributed by atoms with van der Waals surface area (Å²) in [5.74, 6) is 0.0640. The predicted octanol–water partition coefficient (Wildman–Crippen LogP) is 3.89. The van der Waals surface area contributed by atoms with Crippen LogP contribution >= 0.6 is 11.3 Å². The molecule has 1 heterocycles. The van der Waals surface area contributed by atoms with Crippen LogP contribution in [0.1, 0.15) is 33.1 Å². The monoisotopic (exact) mass is 259 g/mol. The zero-order chi connectivity index (χ0) is 13.1. The van der Waals surface area contributed by atoms with Crippen LogP contribution in [-0.2, 0) is 0 Å². The third-order valence-corrected chi connectivity index (χ3v) is 4.27. The highest BCUT2D eigenvalue weighted by atomic mass is 32.1. The van der Waals surface area contributed by atoms with Crippen molar-refractivity contribution in [1.82, 2.24) is 4.90 Å². The average molecular weight is 259 g/mol. The Bertz CT molecular complexity index is 532. The molecule has 18 heavy (non-hydrogen) atoms. The fourth-order valence-electron chi connectivity index (χ4n) is 1.83. The third kappa shape index (κ3) is 2.62. The second-order valence-corrected chi connectivity index (χ2v) is 5.73. The van der Waals surface area contributed by atoms with Crippen molar-refractivity contribution >= 4 is 17.2 Å². The van der Waals surface area contributed by atoms with Crippen molar-refractivity contribution in [1.29, 1.82) is 0 Å². The van der Waals surface area contributed by atoms with Gasteiger partial charge in [-0.3, -0.25) is 4.79 Å². The minimum atomic E-state index is 0.0640. The first-order valence-corrected chi connectivity index (χ1v) is 6.80. The molecule has 0 N–H and O–H groups in total. The molecule has 0 radical (unpaired) electrons. The standard InChI is InChI=1S/C15H17NOS/c1-11-9-10-14(18-11)12(2)16(3)15(17)13-7-5-4-6-8-13/h4-10,12H,1-3H3. The molecule has 1 amide bonds. The number of aryl methyl sites for hydroxylation is 1. The molecule has 1 aromatic heterocycles. The molecule has 2 nitrogen and oxygen atoms in total. The number of thiophene rings is 1. The Kier molecular flexibility index (Phi) is 3.82. The van der Waals surface area contributed by atoms with Crippen LogP contribution in [0.5, 0.6) is 0 Å². The first kappa shape index (κ1) is 12.8. The van der Waals surface area contributed by atoms with Gasteiger partial charge in [0.05, 0.1) is 6.04 Å². The van der Waals surface area contributed by atoms with Gasteiger partial charge >= 0.3 is 0 Å². The van der Waals surface area contributed by atoms with E-state index in [4.69, 9.17) is 0 Å². The maximum Gasteiger partial charge on any atom is 0.254 e. The smallest absolute Gasteiger partial charge is 0.254 e. The molecule has 94 valence electrons. The molecule has 0 fully saturated rings. The van der Waals surface area contributed by atoms with Gasteiger partial charge in [-0.2, -0.15) is 0 Å². The van der Waals surface area contributed by atoms with Gasteiger partial charge in [0.25, 0.3) is 5.91 Å². The van der Waals surface area contributed by atoms with Crippen molar-refractivity contribution in [3.05, 3.63) is 57.8 Å². The molecule has 0 saturated heterocycles. The lowest BCUT2D eigenvalue weighted by Crippen LogP contribution is -2.29. The van der Waals surface area contributed by atoms with Crippen LogP contribution in [0.15, 0.2) is 42.5 Å². The molecule has 2 aromatic rings. The Morgan fingerprint density at radius 1 is 1.17 bits per heavy atom. The van der Waals surface area contributed by atoms with Gasteiger partial charge in [-0.15, -0.1) is 11.3 Å². The van der Waals surface area contributed by atoms with E-state index >= 15 is 0 Å². The number of benzene rings is 1. The van der Waals surface area contributed by atoms with Crippen molar-refractivity contribution in [3.63, 3.8) is 0 Å². The van der Waals surface area contributed by atoms with Gasteiger partial charge < -0.3 is 4.90 Å². The van der Waals surface area contributed by atoms with Crippen molar-refractivity contribution in [2.45, 2.75) is 19.9 Å². The van der Waals surface area contributed by atoms with Crippen molar-refractivity contribution in [2.24, 2.45) is 0 Å². The number of rotatable bonds is 3. The Hall–Kier alpha value is -1.61. The molecule has 0 aliphatic rings. The van der Waals surface area contributed by atoms with E-state index in [1.54, 1.807) is 16.2 Å². The van der Waals surface area contributed by atoms with Gasteiger partial charge in [0.1, 0.15) is 0 Å². The lowest BCUT2D eigenvalue weighted by atomic mass is 10.1. The van der Waals surface area contributed by atoms with Gasteiger partial charge in [-0.25, -0.2) is 0 Å². The first-order valence-electron chi connectivity index (χ1n) is 5.98. The van der Waals surface area contributed by atoms with E-state index in [9.17, 15) is 4.79 Å². The summed E-state index contributed by atoms with van der Waals surface area (Å²) in [7, 11) is 1.86. The van der Waals surface area contributed by atoms with Gasteiger partial charge in [-0.1, -0.05) is 18.2 Å². The highest BCUT2D eigenvalue weighted by Crippen LogP contribution is 2.27. The summed E-state index contributed by atoms with van der Waals surface area (Å²) in [6, 6.07) is 13.7. The fourth-order valence-corrected chi connectivity index (χ4v) is 2.80. The highest BCUT2D eigenvalue weighted by Gasteiger charge is 2.19. The van der Waals surface area contributed by atoms with E-state index in [0.717, 1.165) is 5.56 Å². The summed E-state index contributed by atoms with van der Waals surface area (Å²) in [6.45, 7) is 4.14. The predicted molar refractivity (Wildman–Crippen MR) is 76.0 cm³/mol. The summed E-state index contributed by atoms with van der Waals surface area (Å²) < 4.78 is 0. The summed E-state index contributed by atoms with van der Waals surface area (Å²) in [6.07, 6.45) is 0. The summed E-state index contributed by atoms with van der Waals surface area (Å²) in [5.41, 5.74) is 0.736. The minimum Gasteiger partial charge on any atom is -0.334 e. The van der Waals surface area contributed by atoms with Crippen LogP contribution in [0.4, 0.5) is 0 Å². The number of amides is 1. The first-order chi connectivity index (χ1) is 8.59. The number of hydrogen-bond donors (Lipinski definition) is 0. The summed E-state index contributed by atoms with van der Waals surface area (Å²) >= 11 is 1.74. The number of nitrogens with zero attached hydrogens (tertiary/aromatic N) is 1. The van der Waals surface area contributed by atoms with Gasteiger partial charge in [0.15, 0.2) is 0 Å². The van der Waals surface area contributed by atoms with E-state index in [1.165, 1.54) is 9.75 Å². The van der Waals surface area contributed by atoms with E-state index in [2.05, 4.69) is 26.0 Å². The van der Waals surface area contributed by atoms with Gasteiger partial charge in [0.2, 0.25) is 0 Å². The van der Waals surface area contributed by atoms with E-state index in [-0.39, 0.29) is 11.9 Å². The zero-order valence-electron chi connectivity index (χ0n) is 10.9. The maximum atomic E-state index is 12.3. The summed E-state index contributed by atoms with van der Waals surface area (Å²) in [4.78, 5) is 16.6. The molecule has 0 aliphatic heterocycles. The van der Waals surface area contributed by atoms with E-state index in [0.29, 0.717) is 0 Å². The van der Waals surface area contributed by atoms with Gasteiger partial charge in [-0.05, 0) is 38.1 Å². The minimum absolute atomic E-state index is 0.0640. The zero-order valence-corrected chi connectivity index (χ0v) is 11.7. The molecule has 0 bridgehead atoms. The second kappa shape index (κ2) is 5.36. The molecular formula is C15H17NOS. The fraction of sp³-hybridized carbons (Fsp3) is 0.267. The number of carbonyl (C=O) groups is 1. The second-order valence-electron chi connectivity index (χ2n) is 4.41. The van der Waals surface area contributed by atoms with E-state index < -0.39 is 0 Å². The van der Waals surface area contributed by atoms with E-state index in [1.807, 2.05) is 37.4 Å². The Morgan fingerprint density at radius 3 is 2.39 bits per heavy atom. The molecule has 0 aliphatic carbocycles. The molecule has 1 unspecified atom stereocenters. The van der Waals surface area contributed by atoms with Crippen LogP contribution in [0.2, 0.25) is 0 Å². The van der Waals surface area contributed by atoms with Crippen molar-refractivity contribution in [3.8, 4) is 0 Å². The van der Waals surface area contributed by atoms with Crippen LogP contribution in [0.25, 0.3) is 0 Å². The largest absolute Gasteiger partial charge is 0.334 e. The maximum absolute atomic E-state index is 12.3. The molecular weight excluding hydrogens is 242 g/mol. The van der Waals surface area contributed by atoms with Crippen LogP contribution in [0, 0.1) is 6.92 Å². The average Bonchev–Trinajstić information content (AvgIpc) is 2.84.